The molecule has 2 rings (SSSR count). The number of thioether (sulfide) groups is 1. The quantitative estimate of drug-likeness (QED) is 0.820. The highest BCUT2D eigenvalue weighted by Crippen LogP contribution is 2.33. The van der Waals surface area contributed by atoms with Crippen LogP contribution in [0.3, 0.4) is 0 Å². The van der Waals surface area contributed by atoms with Gasteiger partial charge in [0.25, 0.3) is 0 Å². The Morgan fingerprint density at radius 1 is 1.29 bits per heavy atom. The average molecular weight is 290 g/mol. The van der Waals surface area contributed by atoms with Gasteiger partial charge in [-0.05, 0) is 49.1 Å². The van der Waals surface area contributed by atoms with Crippen molar-refractivity contribution in [2.24, 2.45) is 11.7 Å². The first-order valence-electron chi connectivity index (χ1n) is 6.00. The molecule has 0 saturated heterocycles. The molecular formula is C13H17Cl2NS. The van der Waals surface area contributed by atoms with Crippen LogP contribution in [0, 0.1) is 5.92 Å². The Balaban J connectivity index is 1.83. The molecule has 1 saturated carbocycles. The largest absolute Gasteiger partial charge is 0.327 e. The number of benzene rings is 1. The Labute approximate surface area is 117 Å². The number of halogens is 2. The van der Waals surface area contributed by atoms with Gasteiger partial charge < -0.3 is 5.73 Å². The van der Waals surface area contributed by atoms with Crippen molar-refractivity contribution in [3.05, 3.63) is 28.2 Å². The van der Waals surface area contributed by atoms with Crippen LogP contribution in [-0.4, -0.2) is 11.8 Å². The highest BCUT2D eigenvalue weighted by Gasteiger charge is 2.23. The smallest absolute Gasteiger partial charge is 0.0542 e. The van der Waals surface area contributed by atoms with Gasteiger partial charge in [0.1, 0.15) is 0 Å². The van der Waals surface area contributed by atoms with Crippen LogP contribution in [-0.2, 0) is 0 Å². The lowest BCUT2D eigenvalue weighted by atomic mass is 10.0. The van der Waals surface area contributed by atoms with E-state index in [2.05, 4.69) is 0 Å². The minimum atomic E-state index is 0.408. The maximum atomic E-state index is 6.12. The summed E-state index contributed by atoms with van der Waals surface area (Å²) in [4.78, 5) is 1.07. The van der Waals surface area contributed by atoms with E-state index in [1.807, 2.05) is 18.2 Å². The second-order valence-corrected chi connectivity index (χ2v) is 6.55. The summed E-state index contributed by atoms with van der Waals surface area (Å²) in [5.74, 6) is 1.76. The van der Waals surface area contributed by atoms with Gasteiger partial charge in [-0.3, -0.25) is 0 Å². The first-order chi connectivity index (χ1) is 8.16. The summed E-state index contributed by atoms with van der Waals surface area (Å²) in [6, 6.07) is 6.02. The maximum absolute atomic E-state index is 6.12. The number of nitrogens with two attached hydrogens (primary N) is 1. The molecule has 2 unspecified atom stereocenters. The molecule has 1 aliphatic carbocycles. The van der Waals surface area contributed by atoms with Crippen molar-refractivity contribution in [2.45, 2.75) is 36.6 Å². The van der Waals surface area contributed by atoms with Gasteiger partial charge in [0.05, 0.1) is 5.02 Å². The normalized spacial score (nSPS) is 24.2. The Morgan fingerprint density at radius 3 is 2.82 bits per heavy atom. The monoisotopic (exact) mass is 289 g/mol. The van der Waals surface area contributed by atoms with Crippen molar-refractivity contribution >= 4 is 35.0 Å². The zero-order chi connectivity index (χ0) is 12.3. The van der Waals surface area contributed by atoms with Crippen LogP contribution >= 0.6 is 35.0 Å². The van der Waals surface area contributed by atoms with E-state index in [0.29, 0.717) is 12.0 Å². The van der Waals surface area contributed by atoms with E-state index in [9.17, 15) is 0 Å². The summed E-state index contributed by atoms with van der Waals surface area (Å²) < 4.78 is 0. The van der Waals surface area contributed by atoms with Crippen molar-refractivity contribution in [1.82, 2.24) is 0 Å². The molecule has 0 bridgehead atoms. The third kappa shape index (κ3) is 3.78. The highest BCUT2D eigenvalue weighted by atomic mass is 35.5. The standard InChI is InChI=1S/C13H17Cl2NS/c14-10-4-5-11(15)13(8-10)17-7-6-9-2-1-3-12(9)16/h4-5,8-9,12H,1-3,6-7,16H2. The lowest BCUT2D eigenvalue weighted by molar-refractivity contribution is 0.470. The van der Waals surface area contributed by atoms with Gasteiger partial charge >= 0.3 is 0 Å². The van der Waals surface area contributed by atoms with Gasteiger partial charge in [0.15, 0.2) is 0 Å². The zero-order valence-electron chi connectivity index (χ0n) is 9.66. The van der Waals surface area contributed by atoms with Gasteiger partial charge in [-0.15, -0.1) is 11.8 Å². The highest BCUT2D eigenvalue weighted by molar-refractivity contribution is 7.99. The summed E-state index contributed by atoms with van der Waals surface area (Å²) in [6.45, 7) is 0. The summed E-state index contributed by atoms with van der Waals surface area (Å²) in [6.07, 6.45) is 4.93. The molecule has 2 atom stereocenters. The van der Waals surface area contributed by atoms with Crippen LogP contribution in [0.15, 0.2) is 23.1 Å². The van der Waals surface area contributed by atoms with E-state index in [1.165, 1.54) is 25.7 Å². The molecule has 0 aliphatic heterocycles. The Kier molecular flexibility index (Phi) is 5.04. The lowest BCUT2D eigenvalue weighted by Crippen LogP contribution is -2.24. The summed E-state index contributed by atoms with van der Waals surface area (Å²) in [5.41, 5.74) is 6.06. The van der Waals surface area contributed by atoms with Crippen LogP contribution in [0.1, 0.15) is 25.7 Å². The predicted octanol–water partition coefficient (Wildman–Crippen LogP) is 4.60. The van der Waals surface area contributed by atoms with Crippen molar-refractivity contribution in [2.75, 3.05) is 5.75 Å². The van der Waals surface area contributed by atoms with E-state index in [4.69, 9.17) is 28.9 Å². The first kappa shape index (κ1) is 13.5. The van der Waals surface area contributed by atoms with E-state index < -0.39 is 0 Å². The van der Waals surface area contributed by atoms with Gasteiger partial charge in [-0.1, -0.05) is 29.6 Å². The van der Waals surface area contributed by atoms with E-state index in [0.717, 1.165) is 20.7 Å². The van der Waals surface area contributed by atoms with Gasteiger partial charge in [0, 0.05) is 16.0 Å². The molecule has 0 aromatic heterocycles. The SMILES string of the molecule is NC1CCCC1CCSc1cc(Cl)ccc1Cl. The van der Waals surface area contributed by atoms with Gasteiger partial charge in [-0.25, -0.2) is 0 Å². The molecule has 94 valence electrons. The molecule has 0 heterocycles. The van der Waals surface area contributed by atoms with Crippen LogP contribution in [0.5, 0.6) is 0 Å². The lowest BCUT2D eigenvalue weighted by Gasteiger charge is -2.14. The molecule has 1 aromatic carbocycles. The second kappa shape index (κ2) is 6.33. The molecule has 1 nitrogen and oxygen atoms in total. The number of rotatable bonds is 4. The van der Waals surface area contributed by atoms with Gasteiger partial charge in [0.2, 0.25) is 0 Å². The Morgan fingerprint density at radius 2 is 2.12 bits per heavy atom. The van der Waals surface area contributed by atoms with Gasteiger partial charge in [-0.2, -0.15) is 0 Å². The molecule has 17 heavy (non-hydrogen) atoms. The van der Waals surface area contributed by atoms with E-state index >= 15 is 0 Å². The average Bonchev–Trinajstić information content (AvgIpc) is 2.70. The zero-order valence-corrected chi connectivity index (χ0v) is 12.0. The predicted molar refractivity (Wildman–Crippen MR) is 77.1 cm³/mol. The maximum Gasteiger partial charge on any atom is 0.0542 e. The van der Waals surface area contributed by atoms with Crippen molar-refractivity contribution in [1.29, 1.82) is 0 Å². The molecule has 1 fully saturated rings. The molecule has 0 amide bonds. The minimum Gasteiger partial charge on any atom is -0.327 e. The molecule has 1 aliphatic rings. The fraction of sp³-hybridized carbons (Fsp3) is 0.538. The van der Waals surface area contributed by atoms with E-state index in [1.54, 1.807) is 11.8 Å². The van der Waals surface area contributed by atoms with Crippen LogP contribution in [0.25, 0.3) is 0 Å². The molecule has 4 heteroatoms. The van der Waals surface area contributed by atoms with Crippen molar-refractivity contribution < 1.29 is 0 Å². The van der Waals surface area contributed by atoms with Crippen molar-refractivity contribution in [3.8, 4) is 0 Å². The van der Waals surface area contributed by atoms with Crippen LogP contribution in [0.2, 0.25) is 10.0 Å². The molecule has 2 N–H and O–H groups in total. The second-order valence-electron chi connectivity index (χ2n) is 4.57. The van der Waals surface area contributed by atoms with Crippen molar-refractivity contribution in [3.63, 3.8) is 0 Å². The molecule has 1 aromatic rings. The third-order valence-electron chi connectivity index (χ3n) is 3.36. The molecular weight excluding hydrogens is 273 g/mol. The third-order valence-corrected chi connectivity index (χ3v) is 5.12. The van der Waals surface area contributed by atoms with E-state index in [-0.39, 0.29) is 0 Å². The van der Waals surface area contributed by atoms with Crippen LogP contribution < -0.4 is 5.73 Å². The summed E-state index contributed by atoms with van der Waals surface area (Å²) >= 11 is 13.8. The molecule has 0 spiro atoms. The number of hydrogen-bond acceptors (Lipinski definition) is 2. The van der Waals surface area contributed by atoms with Crippen LogP contribution in [0.4, 0.5) is 0 Å². The number of hydrogen-bond donors (Lipinski definition) is 1. The first-order valence-corrected chi connectivity index (χ1v) is 7.74. The Hall–Kier alpha value is 0.110. The summed E-state index contributed by atoms with van der Waals surface area (Å²) in [5, 5.41) is 1.53. The summed E-state index contributed by atoms with van der Waals surface area (Å²) in [7, 11) is 0. The Bertz CT molecular complexity index is 384. The fourth-order valence-electron chi connectivity index (χ4n) is 2.33. The minimum absolute atomic E-state index is 0.408. The fourth-order valence-corrected chi connectivity index (χ4v) is 3.91. The topological polar surface area (TPSA) is 26.0 Å². The molecule has 0 radical (unpaired) electrons.